The van der Waals surface area contributed by atoms with E-state index in [1.54, 1.807) is 36.7 Å². The third-order valence-corrected chi connectivity index (χ3v) is 5.21. The first-order chi connectivity index (χ1) is 14.2. The first-order valence-corrected chi connectivity index (χ1v) is 9.35. The third kappa shape index (κ3) is 3.10. The average molecular weight is 389 g/mol. The Kier molecular flexibility index (Phi) is 4.19. The minimum atomic E-state index is -0.254. The molecule has 0 aliphatic carbocycles. The van der Waals surface area contributed by atoms with Gasteiger partial charge in [0.25, 0.3) is 0 Å². The summed E-state index contributed by atoms with van der Waals surface area (Å²) in [7, 11) is 1.58. The number of nitrogens with one attached hydrogen (secondary N) is 1. The molecule has 0 aromatic carbocycles. The lowest BCUT2D eigenvalue weighted by atomic mass is 10.1. The summed E-state index contributed by atoms with van der Waals surface area (Å²) in [6.07, 6.45) is 7.25. The van der Waals surface area contributed by atoms with Gasteiger partial charge in [-0.3, -0.25) is 15.2 Å². The summed E-state index contributed by atoms with van der Waals surface area (Å²) in [5, 5.41) is 2.84. The number of anilines is 3. The Morgan fingerprint density at radius 3 is 2.86 bits per heavy atom. The van der Waals surface area contributed by atoms with Crippen LogP contribution >= 0.6 is 0 Å². The third-order valence-electron chi connectivity index (χ3n) is 5.21. The number of rotatable bonds is 3. The van der Waals surface area contributed by atoms with Crippen molar-refractivity contribution < 1.29 is 9.53 Å². The number of carbonyl (C=O) groups excluding carboxylic acids is 1. The number of ether oxygens (including phenoxy) is 1. The van der Waals surface area contributed by atoms with Gasteiger partial charge >= 0.3 is 6.03 Å². The maximum atomic E-state index is 13.1. The Morgan fingerprint density at radius 2 is 2.10 bits per heavy atom. The summed E-state index contributed by atoms with van der Waals surface area (Å²) in [5.74, 6) is 1.60. The smallest absolute Gasteiger partial charge is 0.329 e. The molecule has 1 atom stereocenters. The average Bonchev–Trinajstić information content (AvgIpc) is 3.18. The van der Waals surface area contributed by atoms with E-state index in [-0.39, 0.29) is 12.1 Å². The lowest BCUT2D eigenvalue weighted by molar-refractivity contribution is 0.254. The first kappa shape index (κ1) is 17.4. The number of fused-ring (bicyclic) bond motifs is 4. The molecule has 2 aliphatic heterocycles. The molecule has 0 unspecified atom stereocenters. The van der Waals surface area contributed by atoms with Gasteiger partial charge in [0.2, 0.25) is 5.88 Å². The monoisotopic (exact) mass is 389 g/mol. The maximum absolute atomic E-state index is 13.1. The van der Waals surface area contributed by atoms with Crippen molar-refractivity contribution >= 4 is 23.4 Å². The molecule has 1 N–H and O–H groups in total. The fraction of sp³-hybridized carbons (Fsp3) is 0.250. The minimum Gasteiger partial charge on any atom is -0.481 e. The highest BCUT2D eigenvalue weighted by Crippen LogP contribution is 2.40. The molecule has 0 spiro atoms. The summed E-state index contributed by atoms with van der Waals surface area (Å²) >= 11 is 0. The summed E-state index contributed by atoms with van der Waals surface area (Å²) in [5.41, 5.74) is 2.56. The molecule has 3 aromatic rings. The molecule has 2 aliphatic rings. The number of carbonyl (C=O) groups is 1. The van der Waals surface area contributed by atoms with E-state index in [1.807, 2.05) is 18.2 Å². The molecule has 0 saturated carbocycles. The van der Waals surface area contributed by atoms with Gasteiger partial charge in [0.05, 0.1) is 30.7 Å². The second-order valence-electron chi connectivity index (χ2n) is 6.91. The van der Waals surface area contributed by atoms with Gasteiger partial charge in [0.15, 0.2) is 11.6 Å². The Hall–Kier alpha value is -3.75. The fourth-order valence-corrected chi connectivity index (χ4v) is 3.82. The van der Waals surface area contributed by atoms with Crippen LogP contribution < -0.4 is 19.9 Å². The number of urea groups is 1. The van der Waals surface area contributed by atoms with E-state index in [4.69, 9.17) is 9.72 Å². The van der Waals surface area contributed by atoms with E-state index < -0.39 is 0 Å². The minimum absolute atomic E-state index is 0.0657. The molecule has 146 valence electrons. The molecule has 9 nitrogen and oxygen atoms in total. The Balaban J connectivity index is 1.51. The number of nitrogens with zero attached hydrogens (tertiary/aromatic N) is 6. The molecule has 1 saturated heterocycles. The first-order valence-electron chi connectivity index (χ1n) is 9.35. The van der Waals surface area contributed by atoms with Crippen LogP contribution in [-0.2, 0) is 0 Å². The zero-order valence-electron chi connectivity index (χ0n) is 15.8. The number of hydrogen-bond acceptors (Lipinski definition) is 7. The van der Waals surface area contributed by atoms with Crippen molar-refractivity contribution in [2.75, 3.05) is 35.3 Å². The van der Waals surface area contributed by atoms with Crippen molar-refractivity contribution in [2.45, 2.75) is 12.5 Å². The van der Waals surface area contributed by atoms with Gasteiger partial charge in [-0.25, -0.2) is 19.7 Å². The second kappa shape index (κ2) is 7.01. The Morgan fingerprint density at radius 1 is 1.17 bits per heavy atom. The normalized spacial score (nSPS) is 17.1. The number of aromatic nitrogens is 4. The van der Waals surface area contributed by atoms with Crippen LogP contribution in [0.4, 0.5) is 22.1 Å². The lowest BCUT2D eigenvalue weighted by Crippen LogP contribution is -2.48. The summed E-state index contributed by atoms with van der Waals surface area (Å²) in [6, 6.07) is 7.49. The van der Waals surface area contributed by atoms with Crippen LogP contribution in [0.25, 0.3) is 11.3 Å². The number of hydrogen-bond donors (Lipinski definition) is 1. The van der Waals surface area contributed by atoms with Crippen LogP contribution in [0.15, 0.2) is 49.1 Å². The van der Waals surface area contributed by atoms with E-state index in [0.717, 1.165) is 36.5 Å². The molecular weight excluding hydrogens is 370 g/mol. The highest BCUT2D eigenvalue weighted by molar-refractivity contribution is 6.04. The van der Waals surface area contributed by atoms with Crippen molar-refractivity contribution in [1.29, 1.82) is 0 Å². The molecule has 5 rings (SSSR count). The number of pyridine rings is 2. The Labute approximate surface area is 167 Å². The van der Waals surface area contributed by atoms with E-state index >= 15 is 0 Å². The van der Waals surface area contributed by atoms with Gasteiger partial charge in [-0.15, -0.1) is 0 Å². The molecule has 5 heterocycles. The van der Waals surface area contributed by atoms with Gasteiger partial charge < -0.3 is 9.64 Å². The molecule has 9 heteroatoms. The summed E-state index contributed by atoms with van der Waals surface area (Å²) in [6.45, 7) is 1.70. The van der Waals surface area contributed by atoms with Crippen LogP contribution in [0, 0.1) is 0 Å². The summed E-state index contributed by atoms with van der Waals surface area (Å²) < 4.78 is 5.13. The zero-order chi connectivity index (χ0) is 19.8. The van der Waals surface area contributed by atoms with Crippen molar-refractivity contribution in [3.63, 3.8) is 0 Å². The molecule has 3 aromatic heterocycles. The van der Waals surface area contributed by atoms with Gasteiger partial charge in [-0.2, -0.15) is 0 Å². The highest BCUT2D eigenvalue weighted by atomic mass is 16.5. The van der Waals surface area contributed by atoms with E-state index in [2.05, 4.69) is 25.2 Å². The SMILES string of the molecule is COc1ccc(-c2ccc3c(n2)N(C(=O)Nc2cnccn2)[C@H]2CCN3C2)cn1. The molecule has 29 heavy (non-hydrogen) atoms. The van der Waals surface area contributed by atoms with E-state index in [1.165, 1.54) is 6.20 Å². The lowest BCUT2D eigenvalue weighted by Gasteiger charge is -2.35. The van der Waals surface area contributed by atoms with Gasteiger partial charge in [-0.1, -0.05) is 0 Å². The van der Waals surface area contributed by atoms with Crippen molar-refractivity contribution in [3.8, 4) is 17.1 Å². The van der Waals surface area contributed by atoms with Gasteiger partial charge in [-0.05, 0) is 24.6 Å². The topological polar surface area (TPSA) is 96.4 Å². The molecule has 1 fully saturated rings. The molecule has 2 amide bonds. The van der Waals surface area contributed by atoms with Crippen LogP contribution in [0.3, 0.4) is 0 Å². The van der Waals surface area contributed by atoms with E-state index in [0.29, 0.717) is 17.5 Å². The van der Waals surface area contributed by atoms with Crippen LogP contribution in [0.1, 0.15) is 6.42 Å². The summed E-state index contributed by atoms with van der Waals surface area (Å²) in [4.78, 5) is 34.4. The number of methoxy groups -OCH3 is 1. The maximum Gasteiger partial charge on any atom is 0.329 e. The van der Waals surface area contributed by atoms with Gasteiger partial charge in [0.1, 0.15) is 0 Å². The number of amides is 2. The highest BCUT2D eigenvalue weighted by Gasteiger charge is 2.40. The quantitative estimate of drug-likeness (QED) is 0.735. The van der Waals surface area contributed by atoms with Crippen molar-refractivity contribution in [1.82, 2.24) is 19.9 Å². The standard InChI is InChI=1S/C20H19N7O2/c1-29-18-5-2-13(10-23-18)15-3-4-16-19(24-15)27(14-6-9-26(16)12-14)20(28)25-17-11-21-7-8-22-17/h2-5,7-8,10-11,14H,6,9,12H2,1H3,(H,22,25,28)/t14-/m0/s1. The van der Waals surface area contributed by atoms with Gasteiger partial charge in [0, 0.05) is 43.3 Å². The zero-order valence-corrected chi connectivity index (χ0v) is 15.8. The van der Waals surface area contributed by atoms with Crippen LogP contribution in [-0.4, -0.2) is 52.2 Å². The molecule has 2 bridgehead atoms. The van der Waals surface area contributed by atoms with Crippen LogP contribution in [0.2, 0.25) is 0 Å². The predicted octanol–water partition coefficient (Wildman–Crippen LogP) is 2.57. The molecular formula is C20H19N7O2. The second-order valence-corrected chi connectivity index (χ2v) is 6.91. The fourth-order valence-electron chi connectivity index (χ4n) is 3.82. The van der Waals surface area contributed by atoms with Crippen LogP contribution in [0.5, 0.6) is 5.88 Å². The van der Waals surface area contributed by atoms with Crippen molar-refractivity contribution in [3.05, 3.63) is 49.1 Å². The largest absolute Gasteiger partial charge is 0.481 e. The molecule has 0 radical (unpaired) electrons. The van der Waals surface area contributed by atoms with E-state index in [9.17, 15) is 4.79 Å². The Bertz CT molecular complexity index is 1040. The predicted molar refractivity (Wildman–Crippen MR) is 108 cm³/mol. The van der Waals surface area contributed by atoms with Crippen molar-refractivity contribution in [2.24, 2.45) is 0 Å².